The fourth-order valence-corrected chi connectivity index (χ4v) is 2.24. The van der Waals surface area contributed by atoms with Crippen molar-refractivity contribution in [3.05, 3.63) is 59.7 Å². The molecule has 1 unspecified atom stereocenters. The molecule has 7 heteroatoms. The van der Waals surface area contributed by atoms with Gasteiger partial charge in [0.1, 0.15) is 11.8 Å². The molecule has 0 fully saturated rings. The molecule has 0 saturated heterocycles. The predicted molar refractivity (Wildman–Crippen MR) is 104 cm³/mol. The molecule has 1 amide bonds. The van der Waals surface area contributed by atoms with Crippen LogP contribution in [-0.4, -0.2) is 32.8 Å². The highest BCUT2D eigenvalue weighted by Gasteiger charge is 2.13. The SMILES string of the molecule is COCC(N)C(=O)Nc1cccc(COCc2ccc(OC)cc2)c1.Cl. The average Bonchev–Trinajstić information content (AvgIpc) is 2.63. The van der Waals surface area contributed by atoms with Gasteiger partial charge in [-0.25, -0.2) is 0 Å². The van der Waals surface area contributed by atoms with Crippen molar-refractivity contribution in [2.45, 2.75) is 19.3 Å². The van der Waals surface area contributed by atoms with Crippen LogP contribution in [0.2, 0.25) is 0 Å². The highest BCUT2D eigenvalue weighted by molar-refractivity contribution is 5.94. The summed E-state index contributed by atoms with van der Waals surface area (Å²) in [5.41, 5.74) is 8.42. The molecular formula is C19H25ClN2O4. The molecule has 0 spiro atoms. The minimum Gasteiger partial charge on any atom is -0.497 e. The first-order chi connectivity index (χ1) is 12.1. The van der Waals surface area contributed by atoms with Crippen molar-refractivity contribution >= 4 is 24.0 Å². The Morgan fingerprint density at radius 1 is 1.08 bits per heavy atom. The molecule has 2 aromatic rings. The zero-order valence-corrected chi connectivity index (χ0v) is 15.8. The lowest BCUT2D eigenvalue weighted by Gasteiger charge is -2.12. The molecule has 0 radical (unpaired) electrons. The van der Waals surface area contributed by atoms with Crippen LogP contribution in [0.25, 0.3) is 0 Å². The number of hydrogen-bond donors (Lipinski definition) is 2. The number of methoxy groups -OCH3 is 2. The van der Waals surface area contributed by atoms with Gasteiger partial charge in [-0.15, -0.1) is 12.4 Å². The van der Waals surface area contributed by atoms with E-state index in [9.17, 15) is 4.79 Å². The second kappa shape index (κ2) is 11.5. The highest BCUT2D eigenvalue weighted by Crippen LogP contribution is 2.15. The van der Waals surface area contributed by atoms with Gasteiger partial charge in [0.25, 0.3) is 0 Å². The number of amides is 1. The molecule has 3 N–H and O–H groups in total. The van der Waals surface area contributed by atoms with Gasteiger partial charge in [0.15, 0.2) is 0 Å². The Balaban J connectivity index is 0.00000338. The van der Waals surface area contributed by atoms with Crippen molar-refractivity contribution < 1.29 is 19.0 Å². The number of anilines is 1. The first kappa shape index (κ1) is 21.9. The topological polar surface area (TPSA) is 82.8 Å². The van der Waals surface area contributed by atoms with Crippen molar-refractivity contribution in [2.24, 2.45) is 5.73 Å². The van der Waals surface area contributed by atoms with E-state index in [0.29, 0.717) is 18.9 Å². The smallest absolute Gasteiger partial charge is 0.243 e. The fourth-order valence-electron chi connectivity index (χ4n) is 2.24. The Bertz CT molecular complexity index is 679. The fraction of sp³-hybridized carbons (Fsp3) is 0.316. The summed E-state index contributed by atoms with van der Waals surface area (Å²) >= 11 is 0. The van der Waals surface area contributed by atoms with Crippen LogP contribution in [-0.2, 0) is 27.5 Å². The van der Waals surface area contributed by atoms with Crippen LogP contribution in [0.15, 0.2) is 48.5 Å². The van der Waals surface area contributed by atoms with Crippen LogP contribution in [0, 0.1) is 0 Å². The number of halogens is 1. The second-order valence-corrected chi connectivity index (χ2v) is 5.59. The molecule has 0 aliphatic heterocycles. The first-order valence-electron chi connectivity index (χ1n) is 7.97. The molecule has 0 saturated carbocycles. The van der Waals surface area contributed by atoms with Gasteiger partial charge >= 0.3 is 0 Å². The first-order valence-corrected chi connectivity index (χ1v) is 7.97. The molecular weight excluding hydrogens is 356 g/mol. The Morgan fingerprint density at radius 2 is 1.77 bits per heavy atom. The van der Waals surface area contributed by atoms with Crippen LogP contribution in [0.4, 0.5) is 5.69 Å². The Morgan fingerprint density at radius 3 is 2.42 bits per heavy atom. The van der Waals surface area contributed by atoms with Gasteiger partial charge in [0.05, 0.1) is 26.9 Å². The summed E-state index contributed by atoms with van der Waals surface area (Å²) in [6.45, 7) is 1.12. The van der Waals surface area contributed by atoms with E-state index in [2.05, 4.69) is 5.32 Å². The van der Waals surface area contributed by atoms with Crippen LogP contribution < -0.4 is 15.8 Å². The molecule has 0 heterocycles. The zero-order valence-electron chi connectivity index (χ0n) is 14.9. The lowest BCUT2D eigenvalue weighted by atomic mass is 10.2. The van der Waals surface area contributed by atoms with Crippen LogP contribution in [0.5, 0.6) is 5.75 Å². The number of ether oxygens (including phenoxy) is 3. The minimum atomic E-state index is -0.694. The van der Waals surface area contributed by atoms with Crippen molar-refractivity contribution in [3.63, 3.8) is 0 Å². The van der Waals surface area contributed by atoms with Crippen molar-refractivity contribution in [3.8, 4) is 5.75 Å². The number of benzene rings is 2. The van der Waals surface area contributed by atoms with Gasteiger partial charge in [0, 0.05) is 12.8 Å². The number of rotatable bonds is 9. The van der Waals surface area contributed by atoms with Crippen LogP contribution in [0.1, 0.15) is 11.1 Å². The van der Waals surface area contributed by atoms with E-state index in [-0.39, 0.29) is 24.9 Å². The van der Waals surface area contributed by atoms with E-state index < -0.39 is 6.04 Å². The predicted octanol–water partition coefficient (Wildman–Crippen LogP) is 2.75. The maximum absolute atomic E-state index is 11.9. The molecule has 0 aromatic heterocycles. The van der Waals surface area contributed by atoms with Crippen LogP contribution >= 0.6 is 12.4 Å². The van der Waals surface area contributed by atoms with E-state index in [1.807, 2.05) is 48.5 Å². The number of nitrogens with two attached hydrogens (primary N) is 1. The standard InChI is InChI=1S/C19H24N2O4.ClH/c1-23-13-18(20)19(22)21-16-5-3-4-15(10-16)12-25-11-14-6-8-17(24-2)9-7-14;/h3-10,18H,11-13,20H2,1-2H3,(H,21,22);1H. The maximum Gasteiger partial charge on any atom is 0.243 e. The summed E-state index contributed by atoms with van der Waals surface area (Å²) in [5, 5.41) is 2.77. The third kappa shape index (κ3) is 7.01. The summed E-state index contributed by atoms with van der Waals surface area (Å²) < 4.78 is 15.7. The van der Waals surface area contributed by atoms with Gasteiger partial charge in [0.2, 0.25) is 5.91 Å². The molecule has 0 aliphatic rings. The molecule has 142 valence electrons. The van der Waals surface area contributed by atoms with Gasteiger partial charge in [-0.05, 0) is 35.4 Å². The lowest BCUT2D eigenvalue weighted by Crippen LogP contribution is -2.39. The van der Waals surface area contributed by atoms with Crippen molar-refractivity contribution in [1.29, 1.82) is 0 Å². The molecule has 2 rings (SSSR count). The average molecular weight is 381 g/mol. The summed E-state index contributed by atoms with van der Waals surface area (Å²) in [6.07, 6.45) is 0. The van der Waals surface area contributed by atoms with Gasteiger partial charge in [-0.1, -0.05) is 24.3 Å². The van der Waals surface area contributed by atoms with Gasteiger partial charge < -0.3 is 25.3 Å². The number of nitrogens with one attached hydrogen (secondary N) is 1. The van der Waals surface area contributed by atoms with E-state index >= 15 is 0 Å². The molecule has 2 aromatic carbocycles. The Hall–Kier alpha value is -2.12. The summed E-state index contributed by atoms with van der Waals surface area (Å²) in [4.78, 5) is 11.9. The van der Waals surface area contributed by atoms with Crippen molar-refractivity contribution in [1.82, 2.24) is 0 Å². The minimum absolute atomic E-state index is 0. The largest absolute Gasteiger partial charge is 0.497 e. The normalized spacial score (nSPS) is 11.3. The third-order valence-corrected chi connectivity index (χ3v) is 3.57. The van der Waals surface area contributed by atoms with Gasteiger partial charge in [-0.3, -0.25) is 4.79 Å². The summed E-state index contributed by atoms with van der Waals surface area (Å²) in [6, 6.07) is 14.5. The molecule has 0 aliphatic carbocycles. The summed E-state index contributed by atoms with van der Waals surface area (Å²) in [7, 11) is 3.15. The number of carbonyl (C=O) groups excluding carboxylic acids is 1. The zero-order chi connectivity index (χ0) is 18.1. The lowest BCUT2D eigenvalue weighted by molar-refractivity contribution is -0.118. The summed E-state index contributed by atoms with van der Waals surface area (Å²) in [5.74, 6) is 0.539. The quantitative estimate of drug-likeness (QED) is 0.699. The second-order valence-electron chi connectivity index (χ2n) is 5.59. The Kier molecular flexibility index (Phi) is 9.69. The monoisotopic (exact) mass is 380 g/mol. The molecule has 6 nitrogen and oxygen atoms in total. The van der Waals surface area contributed by atoms with Crippen molar-refractivity contribution in [2.75, 3.05) is 26.1 Å². The maximum atomic E-state index is 11.9. The third-order valence-electron chi connectivity index (χ3n) is 3.57. The van der Waals surface area contributed by atoms with E-state index in [4.69, 9.17) is 19.9 Å². The number of carbonyl (C=O) groups is 1. The van der Waals surface area contributed by atoms with E-state index in [1.54, 1.807) is 7.11 Å². The molecule has 1 atom stereocenters. The molecule has 0 bridgehead atoms. The number of hydrogen-bond acceptors (Lipinski definition) is 5. The Labute approximate surface area is 160 Å². The van der Waals surface area contributed by atoms with Crippen LogP contribution in [0.3, 0.4) is 0 Å². The van der Waals surface area contributed by atoms with Gasteiger partial charge in [-0.2, -0.15) is 0 Å². The van der Waals surface area contributed by atoms with E-state index in [0.717, 1.165) is 16.9 Å². The van der Waals surface area contributed by atoms with E-state index in [1.165, 1.54) is 7.11 Å². The molecule has 26 heavy (non-hydrogen) atoms. The highest BCUT2D eigenvalue weighted by atomic mass is 35.5.